The van der Waals surface area contributed by atoms with E-state index in [1.165, 1.54) is 0 Å². The van der Waals surface area contributed by atoms with Crippen LogP contribution in [0.15, 0.2) is 18.2 Å². The van der Waals surface area contributed by atoms with Crippen LogP contribution in [-0.2, 0) is 14.8 Å². The van der Waals surface area contributed by atoms with E-state index in [0.717, 1.165) is 16.1 Å². The summed E-state index contributed by atoms with van der Waals surface area (Å²) in [4.78, 5) is 11.0. The maximum atomic E-state index is 11.7. The highest BCUT2D eigenvalue weighted by Crippen LogP contribution is 2.35. The minimum absolute atomic E-state index is 0.218. The summed E-state index contributed by atoms with van der Waals surface area (Å²) in [5.41, 5.74) is 1.26. The summed E-state index contributed by atoms with van der Waals surface area (Å²) in [6.45, 7) is 1.61. The molecule has 1 aromatic carbocycles. The van der Waals surface area contributed by atoms with E-state index in [0.29, 0.717) is 5.69 Å². The molecule has 1 aliphatic heterocycles. The van der Waals surface area contributed by atoms with Crippen molar-refractivity contribution in [3.8, 4) is 5.75 Å². The summed E-state index contributed by atoms with van der Waals surface area (Å²) in [7, 11) is -3.53. The SMILES string of the molecule is Cc1ccc2c(c1)N(S(C)(=O)=O)CC(C(=O)O)O2. The first-order valence-corrected chi connectivity index (χ1v) is 7.11. The molecule has 0 bridgehead atoms. The Morgan fingerprint density at radius 1 is 1.50 bits per heavy atom. The van der Waals surface area contributed by atoms with Gasteiger partial charge in [0.05, 0.1) is 18.5 Å². The van der Waals surface area contributed by atoms with E-state index in [9.17, 15) is 13.2 Å². The Labute approximate surface area is 105 Å². The lowest BCUT2D eigenvalue weighted by molar-refractivity contribution is -0.144. The molecule has 0 aliphatic carbocycles. The highest BCUT2D eigenvalue weighted by Gasteiger charge is 2.34. The lowest BCUT2D eigenvalue weighted by atomic mass is 10.1. The van der Waals surface area contributed by atoms with Crippen molar-refractivity contribution in [2.45, 2.75) is 13.0 Å². The second-order valence-electron chi connectivity index (χ2n) is 4.21. The van der Waals surface area contributed by atoms with E-state index in [1.807, 2.05) is 6.92 Å². The third kappa shape index (κ3) is 2.26. The van der Waals surface area contributed by atoms with E-state index in [1.54, 1.807) is 18.2 Å². The second kappa shape index (κ2) is 4.16. The van der Waals surface area contributed by atoms with E-state index >= 15 is 0 Å². The molecular formula is C11H13NO5S. The Morgan fingerprint density at radius 2 is 2.17 bits per heavy atom. The van der Waals surface area contributed by atoms with Crippen LogP contribution in [0, 0.1) is 6.92 Å². The molecule has 1 heterocycles. The predicted molar refractivity (Wildman–Crippen MR) is 65.4 cm³/mol. The van der Waals surface area contributed by atoms with E-state index in [4.69, 9.17) is 9.84 Å². The number of ether oxygens (including phenoxy) is 1. The molecule has 0 saturated carbocycles. The molecule has 0 spiro atoms. The summed E-state index contributed by atoms with van der Waals surface area (Å²) in [6.07, 6.45) is -0.140. The van der Waals surface area contributed by atoms with Crippen molar-refractivity contribution < 1.29 is 23.1 Å². The number of carbonyl (C=O) groups is 1. The largest absolute Gasteiger partial charge is 0.478 e. The smallest absolute Gasteiger partial charge is 0.346 e. The molecule has 18 heavy (non-hydrogen) atoms. The molecule has 2 rings (SSSR count). The summed E-state index contributed by atoms with van der Waals surface area (Å²) >= 11 is 0. The standard InChI is InChI=1S/C11H13NO5S/c1-7-3-4-9-8(5-7)12(18(2,15)16)6-10(17-9)11(13)14/h3-5,10H,6H2,1-2H3,(H,13,14). The van der Waals surface area contributed by atoms with Crippen molar-refractivity contribution in [2.75, 3.05) is 17.1 Å². The Hall–Kier alpha value is -1.76. The maximum absolute atomic E-state index is 11.7. The number of nitrogens with zero attached hydrogens (tertiary/aromatic N) is 1. The number of anilines is 1. The molecule has 1 aliphatic rings. The Morgan fingerprint density at radius 3 is 2.72 bits per heavy atom. The number of aryl methyl sites for hydroxylation is 1. The zero-order chi connectivity index (χ0) is 13.5. The van der Waals surface area contributed by atoms with Gasteiger partial charge in [-0.15, -0.1) is 0 Å². The van der Waals surface area contributed by atoms with Gasteiger partial charge in [0, 0.05) is 0 Å². The summed E-state index contributed by atoms with van der Waals surface area (Å²) < 4.78 is 29.7. The van der Waals surface area contributed by atoms with Gasteiger partial charge in [-0.1, -0.05) is 6.07 Å². The first kappa shape index (κ1) is 12.7. The van der Waals surface area contributed by atoms with Crippen molar-refractivity contribution in [3.63, 3.8) is 0 Å². The molecular weight excluding hydrogens is 258 g/mol. The average Bonchev–Trinajstić information content (AvgIpc) is 2.26. The zero-order valence-electron chi connectivity index (χ0n) is 9.95. The second-order valence-corrected chi connectivity index (χ2v) is 6.12. The van der Waals surface area contributed by atoms with Crippen molar-refractivity contribution in [2.24, 2.45) is 0 Å². The van der Waals surface area contributed by atoms with Crippen LogP contribution in [0.2, 0.25) is 0 Å². The molecule has 1 aromatic rings. The minimum Gasteiger partial charge on any atom is -0.478 e. The lowest BCUT2D eigenvalue weighted by Crippen LogP contribution is -2.46. The van der Waals surface area contributed by atoms with Gasteiger partial charge in [-0.05, 0) is 24.6 Å². The molecule has 1 unspecified atom stereocenters. The molecule has 6 nitrogen and oxygen atoms in total. The first-order chi connectivity index (χ1) is 8.29. The summed E-state index contributed by atoms with van der Waals surface area (Å²) in [5.74, 6) is -0.917. The maximum Gasteiger partial charge on any atom is 0.346 e. The Balaban J connectivity index is 2.54. The number of sulfonamides is 1. The van der Waals surface area contributed by atoms with E-state index in [2.05, 4.69) is 0 Å². The number of carboxylic acid groups (broad SMARTS) is 1. The van der Waals surface area contributed by atoms with Crippen LogP contribution in [0.5, 0.6) is 5.75 Å². The van der Waals surface area contributed by atoms with Crippen molar-refractivity contribution in [1.29, 1.82) is 0 Å². The number of carboxylic acids is 1. The predicted octanol–water partition coefficient (Wildman–Crippen LogP) is 0.607. The van der Waals surface area contributed by atoms with Gasteiger partial charge >= 0.3 is 5.97 Å². The van der Waals surface area contributed by atoms with Crippen LogP contribution in [0.25, 0.3) is 0 Å². The molecule has 0 fully saturated rings. The van der Waals surface area contributed by atoms with Gasteiger partial charge in [-0.25, -0.2) is 13.2 Å². The van der Waals surface area contributed by atoms with Gasteiger partial charge in [0.1, 0.15) is 5.75 Å². The fourth-order valence-electron chi connectivity index (χ4n) is 1.80. The van der Waals surface area contributed by atoms with Gasteiger partial charge < -0.3 is 9.84 Å². The molecule has 0 amide bonds. The van der Waals surface area contributed by atoms with Crippen molar-refractivity contribution in [3.05, 3.63) is 23.8 Å². The van der Waals surface area contributed by atoms with Crippen LogP contribution in [0.3, 0.4) is 0 Å². The number of benzene rings is 1. The quantitative estimate of drug-likeness (QED) is 0.851. The highest BCUT2D eigenvalue weighted by molar-refractivity contribution is 7.92. The van der Waals surface area contributed by atoms with Crippen molar-refractivity contribution >= 4 is 21.7 Å². The number of hydrogen-bond acceptors (Lipinski definition) is 4. The third-order valence-electron chi connectivity index (χ3n) is 2.66. The van der Waals surface area contributed by atoms with Gasteiger partial charge in [0.15, 0.2) is 0 Å². The monoisotopic (exact) mass is 271 g/mol. The molecule has 1 atom stereocenters. The van der Waals surface area contributed by atoms with Gasteiger partial charge in [0.25, 0.3) is 0 Å². The van der Waals surface area contributed by atoms with E-state index < -0.39 is 22.1 Å². The zero-order valence-corrected chi connectivity index (χ0v) is 10.8. The Bertz CT molecular complexity index is 595. The highest BCUT2D eigenvalue weighted by atomic mass is 32.2. The van der Waals surface area contributed by atoms with Crippen LogP contribution in [-0.4, -0.2) is 38.4 Å². The number of fused-ring (bicyclic) bond motifs is 1. The normalized spacial score (nSPS) is 19.0. The van der Waals surface area contributed by atoms with Gasteiger partial charge in [-0.2, -0.15) is 0 Å². The summed E-state index contributed by atoms with van der Waals surface area (Å²) in [6, 6.07) is 4.98. The molecule has 7 heteroatoms. The lowest BCUT2D eigenvalue weighted by Gasteiger charge is -2.33. The van der Waals surface area contributed by atoms with Crippen LogP contribution in [0.4, 0.5) is 5.69 Å². The molecule has 0 radical (unpaired) electrons. The first-order valence-electron chi connectivity index (χ1n) is 5.27. The number of rotatable bonds is 2. The van der Waals surface area contributed by atoms with Crippen LogP contribution < -0.4 is 9.04 Å². The molecule has 98 valence electrons. The third-order valence-corrected chi connectivity index (χ3v) is 3.81. The van der Waals surface area contributed by atoms with Crippen LogP contribution in [0.1, 0.15) is 5.56 Å². The van der Waals surface area contributed by atoms with Crippen LogP contribution >= 0.6 is 0 Å². The fourth-order valence-corrected chi connectivity index (χ4v) is 2.71. The molecule has 0 saturated heterocycles. The van der Waals surface area contributed by atoms with Crippen molar-refractivity contribution in [1.82, 2.24) is 0 Å². The summed E-state index contributed by atoms with van der Waals surface area (Å²) in [5, 5.41) is 8.96. The fraction of sp³-hybridized carbons (Fsp3) is 0.364. The topological polar surface area (TPSA) is 83.9 Å². The van der Waals surface area contributed by atoms with Gasteiger partial charge in [0.2, 0.25) is 16.1 Å². The molecule has 1 N–H and O–H groups in total. The Kier molecular flexibility index (Phi) is 2.94. The minimum atomic E-state index is -3.53. The molecule has 0 aromatic heterocycles. The average molecular weight is 271 g/mol. The van der Waals surface area contributed by atoms with Gasteiger partial charge in [-0.3, -0.25) is 4.31 Å². The van der Waals surface area contributed by atoms with E-state index in [-0.39, 0.29) is 12.3 Å². The number of aliphatic carboxylic acids is 1. The number of hydrogen-bond donors (Lipinski definition) is 1.